The molecule has 0 saturated heterocycles. The molecular formula is C15H21ClN2O3. The fraction of sp³-hybridized carbons (Fsp3) is 0.467. The van der Waals surface area contributed by atoms with Gasteiger partial charge in [0.15, 0.2) is 11.5 Å². The van der Waals surface area contributed by atoms with Gasteiger partial charge in [0.2, 0.25) is 5.91 Å². The summed E-state index contributed by atoms with van der Waals surface area (Å²) in [6, 6.07) is 3.49. The molecule has 1 rings (SSSR count). The van der Waals surface area contributed by atoms with Gasteiger partial charge in [-0.15, -0.1) is 0 Å². The summed E-state index contributed by atoms with van der Waals surface area (Å²) in [5.41, 5.74) is 3.05. The van der Waals surface area contributed by atoms with Crippen molar-refractivity contribution in [2.45, 2.75) is 40.2 Å². The van der Waals surface area contributed by atoms with Crippen molar-refractivity contribution in [1.29, 1.82) is 0 Å². The van der Waals surface area contributed by atoms with Crippen molar-refractivity contribution >= 4 is 23.7 Å². The number of hydrogen-bond acceptors (Lipinski definition) is 4. The van der Waals surface area contributed by atoms with Crippen molar-refractivity contribution < 1.29 is 14.3 Å². The molecule has 1 amide bonds. The third-order valence-corrected chi connectivity index (χ3v) is 2.94. The van der Waals surface area contributed by atoms with Crippen LogP contribution in [-0.2, 0) is 4.79 Å². The molecule has 1 N–H and O–H groups in total. The zero-order chi connectivity index (χ0) is 15.8. The second-order valence-electron chi connectivity index (χ2n) is 4.53. The lowest BCUT2D eigenvalue weighted by Crippen LogP contribution is -2.13. The number of nitrogens with one attached hydrogen (secondary N) is 1. The molecule has 0 bridgehead atoms. The predicted octanol–water partition coefficient (Wildman–Crippen LogP) is 3.39. The van der Waals surface area contributed by atoms with Crippen molar-refractivity contribution in [2.75, 3.05) is 6.61 Å². The van der Waals surface area contributed by atoms with E-state index in [1.54, 1.807) is 12.1 Å². The Morgan fingerprint density at radius 1 is 1.48 bits per heavy atom. The summed E-state index contributed by atoms with van der Waals surface area (Å²) in [5.74, 6) is 0.859. The van der Waals surface area contributed by atoms with Crippen molar-refractivity contribution in [1.82, 2.24) is 5.43 Å². The molecule has 0 aromatic heterocycles. The normalized spacial score (nSPS) is 12.2. The number of amides is 1. The zero-order valence-corrected chi connectivity index (χ0v) is 13.5. The molecule has 0 spiro atoms. The van der Waals surface area contributed by atoms with Gasteiger partial charge in [-0.05, 0) is 38.0 Å². The smallest absolute Gasteiger partial charge is 0.236 e. The highest BCUT2D eigenvalue weighted by Gasteiger charge is 2.14. The van der Waals surface area contributed by atoms with Crippen LogP contribution in [0.1, 0.15) is 39.7 Å². The summed E-state index contributed by atoms with van der Waals surface area (Å²) in [7, 11) is 0. The van der Waals surface area contributed by atoms with Crippen LogP contribution < -0.4 is 14.9 Å². The Morgan fingerprint density at radius 3 is 2.76 bits per heavy atom. The number of carbonyl (C=O) groups excluding carboxylic acids is 1. The maximum Gasteiger partial charge on any atom is 0.236 e. The lowest BCUT2D eigenvalue weighted by molar-refractivity contribution is -0.118. The van der Waals surface area contributed by atoms with E-state index < -0.39 is 0 Å². The van der Waals surface area contributed by atoms with Gasteiger partial charge in [-0.3, -0.25) is 4.79 Å². The highest BCUT2D eigenvalue weighted by molar-refractivity contribution is 6.32. The van der Waals surface area contributed by atoms with Crippen LogP contribution in [0.3, 0.4) is 0 Å². The first kappa shape index (κ1) is 17.3. The van der Waals surface area contributed by atoms with Crippen LogP contribution in [0, 0.1) is 0 Å². The minimum atomic E-state index is -0.237. The predicted molar refractivity (Wildman–Crippen MR) is 84.4 cm³/mol. The van der Waals surface area contributed by atoms with Crippen LogP contribution in [0.15, 0.2) is 17.2 Å². The first-order chi connectivity index (χ1) is 9.97. The van der Waals surface area contributed by atoms with Gasteiger partial charge in [-0.2, -0.15) is 5.10 Å². The fourth-order valence-corrected chi connectivity index (χ4v) is 1.79. The summed E-state index contributed by atoms with van der Waals surface area (Å²) in [6.07, 6.45) is 2.41. The molecule has 21 heavy (non-hydrogen) atoms. The van der Waals surface area contributed by atoms with Gasteiger partial charge in [0, 0.05) is 6.92 Å². The molecular weight excluding hydrogens is 292 g/mol. The van der Waals surface area contributed by atoms with E-state index in [-0.39, 0.29) is 12.0 Å². The summed E-state index contributed by atoms with van der Waals surface area (Å²) in [4.78, 5) is 10.8. The lowest BCUT2D eigenvalue weighted by atomic mass is 10.2. The number of benzene rings is 1. The lowest BCUT2D eigenvalue weighted by Gasteiger charge is -2.18. The van der Waals surface area contributed by atoms with E-state index in [4.69, 9.17) is 21.1 Å². The summed E-state index contributed by atoms with van der Waals surface area (Å²) < 4.78 is 11.4. The van der Waals surface area contributed by atoms with E-state index in [0.29, 0.717) is 28.7 Å². The van der Waals surface area contributed by atoms with Gasteiger partial charge in [0.25, 0.3) is 0 Å². The molecule has 0 fully saturated rings. The van der Waals surface area contributed by atoms with E-state index in [1.165, 1.54) is 13.1 Å². The standard InChI is InChI=1S/C15H21ClN2O3/c1-5-10(3)21-15-13(16)7-12(8-14(15)20-6-2)9-17-18-11(4)19/h7-10H,5-6H2,1-4H3,(H,18,19)/b17-9-/t10-/m0/s1. The van der Waals surface area contributed by atoms with Gasteiger partial charge < -0.3 is 9.47 Å². The number of hydrazone groups is 1. The fourth-order valence-electron chi connectivity index (χ4n) is 1.52. The van der Waals surface area contributed by atoms with E-state index in [2.05, 4.69) is 10.5 Å². The van der Waals surface area contributed by atoms with Crippen molar-refractivity contribution in [3.8, 4) is 11.5 Å². The SMILES string of the molecule is CCOc1cc(/C=N\NC(C)=O)cc(Cl)c1O[C@@H](C)CC. The number of halogens is 1. The van der Waals surface area contributed by atoms with E-state index >= 15 is 0 Å². The molecule has 0 aliphatic heterocycles. The molecule has 1 aromatic carbocycles. The Morgan fingerprint density at radius 2 is 2.19 bits per heavy atom. The number of hydrogen-bond donors (Lipinski definition) is 1. The monoisotopic (exact) mass is 312 g/mol. The van der Waals surface area contributed by atoms with E-state index in [0.717, 1.165) is 6.42 Å². The molecule has 1 atom stereocenters. The molecule has 0 heterocycles. The van der Waals surface area contributed by atoms with Crippen LogP contribution in [-0.4, -0.2) is 24.8 Å². The Bertz CT molecular complexity index is 518. The van der Waals surface area contributed by atoms with Crippen LogP contribution in [0.25, 0.3) is 0 Å². The first-order valence-electron chi connectivity index (χ1n) is 6.90. The molecule has 0 aliphatic rings. The molecule has 5 nitrogen and oxygen atoms in total. The Kier molecular flexibility index (Phi) is 7.02. The molecule has 1 aromatic rings. The Hall–Kier alpha value is -1.75. The van der Waals surface area contributed by atoms with Crippen LogP contribution in [0.5, 0.6) is 11.5 Å². The van der Waals surface area contributed by atoms with Crippen molar-refractivity contribution in [3.05, 3.63) is 22.7 Å². The van der Waals surface area contributed by atoms with Gasteiger partial charge >= 0.3 is 0 Å². The maximum atomic E-state index is 10.8. The third kappa shape index (κ3) is 5.63. The van der Waals surface area contributed by atoms with Crippen molar-refractivity contribution in [2.24, 2.45) is 5.10 Å². The second kappa shape index (κ2) is 8.52. The van der Waals surface area contributed by atoms with Crippen LogP contribution >= 0.6 is 11.6 Å². The molecule has 0 saturated carbocycles. The summed E-state index contributed by atoms with van der Waals surface area (Å²) >= 11 is 6.26. The Balaban J connectivity index is 3.05. The molecule has 6 heteroatoms. The van der Waals surface area contributed by atoms with Gasteiger partial charge in [0.1, 0.15) is 0 Å². The number of rotatable bonds is 7. The molecule has 0 unspecified atom stereocenters. The average molecular weight is 313 g/mol. The largest absolute Gasteiger partial charge is 0.490 e. The highest BCUT2D eigenvalue weighted by Crippen LogP contribution is 2.37. The average Bonchev–Trinajstić information content (AvgIpc) is 2.42. The van der Waals surface area contributed by atoms with Gasteiger partial charge in [0.05, 0.1) is 23.9 Å². The highest BCUT2D eigenvalue weighted by atomic mass is 35.5. The topological polar surface area (TPSA) is 59.9 Å². The quantitative estimate of drug-likeness (QED) is 0.620. The number of carbonyl (C=O) groups is 1. The van der Waals surface area contributed by atoms with E-state index in [1.807, 2.05) is 20.8 Å². The molecule has 116 valence electrons. The minimum absolute atomic E-state index is 0.0422. The summed E-state index contributed by atoms with van der Waals surface area (Å²) in [5, 5.41) is 4.26. The van der Waals surface area contributed by atoms with Gasteiger partial charge in [-0.1, -0.05) is 18.5 Å². The summed E-state index contributed by atoms with van der Waals surface area (Å²) in [6.45, 7) is 7.78. The minimum Gasteiger partial charge on any atom is -0.490 e. The number of nitrogens with zero attached hydrogens (tertiary/aromatic N) is 1. The van der Waals surface area contributed by atoms with Crippen LogP contribution in [0.2, 0.25) is 5.02 Å². The Labute approximate surface area is 130 Å². The van der Waals surface area contributed by atoms with Crippen LogP contribution in [0.4, 0.5) is 0 Å². The second-order valence-corrected chi connectivity index (χ2v) is 4.93. The van der Waals surface area contributed by atoms with Gasteiger partial charge in [-0.25, -0.2) is 5.43 Å². The zero-order valence-electron chi connectivity index (χ0n) is 12.8. The molecule has 0 radical (unpaired) electrons. The third-order valence-electron chi connectivity index (χ3n) is 2.66. The van der Waals surface area contributed by atoms with E-state index in [9.17, 15) is 4.79 Å². The molecule has 0 aliphatic carbocycles. The van der Waals surface area contributed by atoms with Crippen molar-refractivity contribution in [3.63, 3.8) is 0 Å². The first-order valence-corrected chi connectivity index (χ1v) is 7.28. The number of ether oxygens (including phenoxy) is 2. The maximum absolute atomic E-state index is 10.8.